The van der Waals surface area contributed by atoms with Gasteiger partial charge in [-0.05, 0) is 54.8 Å². The summed E-state index contributed by atoms with van der Waals surface area (Å²) in [5.41, 5.74) is 3.15. The summed E-state index contributed by atoms with van der Waals surface area (Å²) < 4.78 is 24.7. The number of aromatic nitrogens is 3. The average molecular weight is 433 g/mol. The van der Waals surface area contributed by atoms with Crippen molar-refractivity contribution < 1.29 is 13.9 Å². The number of aromatic amines is 1. The van der Waals surface area contributed by atoms with Crippen molar-refractivity contribution in [2.24, 2.45) is 0 Å². The molecule has 5 rings (SSSR count). The van der Waals surface area contributed by atoms with Crippen LogP contribution in [0.3, 0.4) is 0 Å². The van der Waals surface area contributed by atoms with E-state index in [0.717, 1.165) is 42.0 Å². The fraction of sp³-hybridized carbons (Fsp3) is 0.292. The Morgan fingerprint density at radius 3 is 2.88 bits per heavy atom. The number of amidine groups is 1. The number of hydrogen-bond donors (Lipinski definition) is 2. The second-order valence-corrected chi connectivity index (χ2v) is 7.83. The van der Waals surface area contributed by atoms with Crippen LogP contribution in [0.15, 0.2) is 54.7 Å². The number of nitrogens with zero attached hydrogens (tertiary/aromatic N) is 3. The van der Waals surface area contributed by atoms with Crippen LogP contribution in [0.2, 0.25) is 0 Å². The number of hydrogen-bond acceptors (Lipinski definition) is 5. The molecular weight excluding hydrogens is 409 g/mol. The van der Waals surface area contributed by atoms with E-state index in [0.29, 0.717) is 24.9 Å². The Balaban J connectivity index is 1.28. The molecule has 0 radical (unpaired) electrons. The largest absolute Gasteiger partial charge is 0.350 e. The van der Waals surface area contributed by atoms with E-state index in [2.05, 4.69) is 15.0 Å². The van der Waals surface area contributed by atoms with Crippen LogP contribution < -0.4 is 0 Å². The van der Waals surface area contributed by atoms with E-state index >= 15 is 0 Å². The van der Waals surface area contributed by atoms with Crippen molar-refractivity contribution in [1.29, 1.82) is 5.41 Å². The Morgan fingerprint density at radius 2 is 2.03 bits per heavy atom. The zero-order chi connectivity index (χ0) is 21.9. The fourth-order valence-corrected chi connectivity index (χ4v) is 4.18. The van der Waals surface area contributed by atoms with Gasteiger partial charge < -0.3 is 19.4 Å². The molecular formula is C24H24FN5O2. The number of rotatable bonds is 5. The topological polar surface area (TPSA) is 87.1 Å². The summed E-state index contributed by atoms with van der Waals surface area (Å²) in [7, 11) is 0. The van der Waals surface area contributed by atoms with Gasteiger partial charge in [0.1, 0.15) is 17.5 Å². The third kappa shape index (κ3) is 4.32. The molecule has 0 saturated carbocycles. The molecule has 1 unspecified atom stereocenters. The lowest BCUT2D eigenvalue weighted by Crippen LogP contribution is -2.28. The summed E-state index contributed by atoms with van der Waals surface area (Å²) in [6.07, 6.45) is 6.67. The molecule has 2 aromatic heterocycles. The first-order valence-corrected chi connectivity index (χ1v) is 10.7. The lowest BCUT2D eigenvalue weighted by atomic mass is 10.0. The highest BCUT2D eigenvalue weighted by Crippen LogP contribution is 2.32. The predicted octanol–water partition coefficient (Wildman–Crippen LogP) is 4.48. The molecule has 2 aliphatic rings. The van der Waals surface area contributed by atoms with E-state index in [-0.39, 0.29) is 11.9 Å². The lowest BCUT2D eigenvalue weighted by molar-refractivity contribution is -0.0472. The highest BCUT2D eigenvalue weighted by molar-refractivity contribution is 5.94. The van der Waals surface area contributed by atoms with Gasteiger partial charge in [0.15, 0.2) is 0 Å². The fourth-order valence-electron chi connectivity index (χ4n) is 4.18. The van der Waals surface area contributed by atoms with Crippen LogP contribution in [0.25, 0.3) is 17.5 Å². The monoisotopic (exact) mass is 433 g/mol. The Kier molecular flexibility index (Phi) is 5.79. The van der Waals surface area contributed by atoms with Crippen molar-refractivity contribution in [3.8, 4) is 11.4 Å². The number of H-pyrrole nitrogens is 1. The van der Waals surface area contributed by atoms with Gasteiger partial charge in [-0.25, -0.2) is 14.4 Å². The van der Waals surface area contributed by atoms with E-state index in [9.17, 15) is 4.39 Å². The summed E-state index contributed by atoms with van der Waals surface area (Å²) in [5, 5.41) is 8.53. The minimum Gasteiger partial charge on any atom is -0.350 e. The van der Waals surface area contributed by atoms with E-state index in [1.54, 1.807) is 30.5 Å². The van der Waals surface area contributed by atoms with E-state index in [4.69, 9.17) is 14.9 Å². The molecule has 4 heterocycles. The zero-order valence-corrected chi connectivity index (χ0v) is 17.5. The molecule has 8 heteroatoms. The van der Waals surface area contributed by atoms with Gasteiger partial charge in [-0.2, -0.15) is 0 Å². The number of halogens is 1. The van der Waals surface area contributed by atoms with Crippen molar-refractivity contribution in [2.45, 2.75) is 25.2 Å². The summed E-state index contributed by atoms with van der Waals surface area (Å²) in [6, 6.07) is 12.3. The molecule has 2 aliphatic heterocycles. The molecule has 2 saturated heterocycles. The second kappa shape index (κ2) is 9.02. The molecule has 7 nitrogen and oxygen atoms in total. The molecule has 164 valence electrons. The Labute approximate surface area is 185 Å². The molecule has 0 aliphatic carbocycles. The number of pyridine rings is 1. The lowest BCUT2D eigenvalue weighted by Gasteiger charge is -2.26. The first kappa shape index (κ1) is 20.5. The number of benzene rings is 1. The zero-order valence-electron chi connectivity index (χ0n) is 17.5. The molecule has 1 aromatic carbocycles. The van der Waals surface area contributed by atoms with Gasteiger partial charge in [0.25, 0.3) is 0 Å². The Bertz CT molecular complexity index is 1140. The number of likely N-dealkylation sites (tertiary alicyclic amines) is 1. The molecule has 2 fully saturated rings. The second-order valence-electron chi connectivity index (χ2n) is 7.83. The SMILES string of the molecule is N=C(/C=C\c1ncc(-c2cccc(C3OCCO3)n2)[nH]1)N1CCCC1c1cccc(F)c1. The maximum absolute atomic E-state index is 13.7. The highest BCUT2D eigenvalue weighted by atomic mass is 19.1. The van der Waals surface area contributed by atoms with Gasteiger partial charge in [0, 0.05) is 6.54 Å². The van der Waals surface area contributed by atoms with Crippen LogP contribution in [0.1, 0.15) is 42.3 Å². The summed E-state index contributed by atoms with van der Waals surface area (Å²) in [5.74, 6) is 0.764. The Hall–Kier alpha value is -3.36. The molecule has 2 N–H and O–H groups in total. The molecule has 32 heavy (non-hydrogen) atoms. The van der Waals surface area contributed by atoms with Gasteiger partial charge in [0.2, 0.25) is 6.29 Å². The Morgan fingerprint density at radius 1 is 1.19 bits per heavy atom. The van der Waals surface area contributed by atoms with Crippen molar-refractivity contribution in [2.75, 3.05) is 19.8 Å². The third-order valence-electron chi connectivity index (χ3n) is 5.70. The van der Waals surface area contributed by atoms with Crippen LogP contribution >= 0.6 is 0 Å². The van der Waals surface area contributed by atoms with Gasteiger partial charge in [-0.1, -0.05) is 18.2 Å². The van der Waals surface area contributed by atoms with E-state index < -0.39 is 6.29 Å². The van der Waals surface area contributed by atoms with Crippen molar-refractivity contribution in [3.05, 3.63) is 77.6 Å². The minimum atomic E-state index is -0.427. The van der Waals surface area contributed by atoms with Crippen LogP contribution in [-0.2, 0) is 9.47 Å². The first-order valence-electron chi connectivity index (χ1n) is 10.7. The highest BCUT2D eigenvalue weighted by Gasteiger charge is 2.27. The van der Waals surface area contributed by atoms with Crippen LogP contribution in [-0.4, -0.2) is 45.4 Å². The van der Waals surface area contributed by atoms with Crippen LogP contribution in [0, 0.1) is 11.2 Å². The van der Waals surface area contributed by atoms with Gasteiger partial charge in [0.05, 0.1) is 42.5 Å². The smallest absolute Gasteiger partial charge is 0.201 e. The van der Waals surface area contributed by atoms with E-state index in [1.165, 1.54) is 6.07 Å². The van der Waals surface area contributed by atoms with Crippen LogP contribution in [0.5, 0.6) is 0 Å². The molecule has 3 aromatic rings. The number of nitrogens with one attached hydrogen (secondary N) is 2. The summed E-state index contributed by atoms with van der Waals surface area (Å²) >= 11 is 0. The normalized spacial score (nSPS) is 19.3. The molecule has 1 atom stereocenters. The minimum absolute atomic E-state index is 0.0157. The molecule has 0 bridgehead atoms. The first-order chi connectivity index (χ1) is 15.7. The van der Waals surface area contributed by atoms with Crippen molar-refractivity contribution in [3.63, 3.8) is 0 Å². The quantitative estimate of drug-likeness (QED) is 0.458. The standard InChI is InChI=1S/C24H24FN5O2/c25-17-5-1-4-16(14-17)21-8-3-11-30(21)22(26)9-10-23-27-15-20(29-23)18-6-2-7-19(28-18)24-31-12-13-32-24/h1-2,4-7,9-10,14-15,21,24,26H,3,8,11-13H2,(H,27,29)/b10-9-,26-22?. The van der Waals surface area contributed by atoms with Crippen molar-refractivity contribution >= 4 is 11.9 Å². The third-order valence-corrected chi connectivity index (χ3v) is 5.70. The predicted molar refractivity (Wildman–Crippen MR) is 118 cm³/mol. The molecule has 0 spiro atoms. The van der Waals surface area contributed by atoms with Gasteiger partial charge >= 0.3 is 0 Å². The molecule has 0 amide bonds. The maximum Gasteiger partial charge on any atom is 0.201 e. The van der Waals surface area contributed by atoms with E-state index in [1.807, 2.05) is 29.2 Å². The number of ether oxygens (including phenoxy) is 2. The van der Waals surface area contributed by atoms with Crippen molar-refractivity contribution in [1.82, 2.24) is 19.9 Å². The summed E-state index contributed by atoms with van der Waals surface area (Å²) in [6.45, 7) is 1.91. The average Bonchev–Trinajstić information content (AvgIpc) is 3.59. The maximum atomic E-state index is 13.7. The summed E-state index contributed by atoms with van der Waals surface area (Å²) in [4.78, 5) is 14.3. The number of imidazole rings is 1. The van der Waals surface area contributed by atoms with Crippen LogP contribution in [0.4, 0.5) is 4.39 Å². The van der Waals surface area contributed by atoms with Gasteiger partial charge in [-0.15, -0.1) is 0 Å². The van der Waals surface area contributed by atoms with Gasteiger partial charge in [-0.3, -0.25) is 5.41 Å².